The lowest BCUT2D eigenvalue weighted by Gasteiger charge is -2.13. The molecule has 2 aromatic heterocycles. The lowest BCUT2D eigenvalue weighted by Crippen LogP contribution is -2.29. The van der Waals surface area contributed by atoms with Crippen molar-refractivity contribution in [2.75, 3.05) is 6.54 Å². The highest BCUT2D eigenvalue weighted by Gasteiger charge is 2.16. The monoisotopic (exact) mass is 392 g/mol. The highest BCUT2D eigenvalue weighted by molar-refractivity contribution is 5.93. The van der Waals surface area contributed by atoms with E-state index in [1.165, 1.54) is 16.8 Å². The number of aromatic nitrogens is 3. The van der Waals surface area contributed by atoms with Crippen LogP contribution in [-0.4, -0.2) is 31.9 Å². The fourth-order valence-electron chi connectivity index (χ4n) is 3.35. The van der Waals surface area contributed by atoms with Crippen molar-refractivity contribution in [3.05, 3.63) is 77.9 Å². The van der Waals surface area contributed by atoms with Gasteiger partial charge < -0.3 is 15.0 Å². The molecule has 4 aromatic rings. The van der Waals surface area contributed by atoms with Crippen molar-refractivity contribution in [3.63, 3.8) is 0 Å². The maximum atomic E-state index is 13.1. The molecule has 4 rings (SSSR count). The summed E-state index contributed by atoms with van der Waals surface area (Å²) >= 11 is 0. The molecule has 0 bridgehead atoms. The third kappa shape index (κ3) is 3.77. The fraction of sp³-hybridized carbons (Fsp3) is 0.182. The number of halogens is 1. The molecular weight excluding hydrogens is 371 g/mol. The van der Waals surface area contributed by atoms with Crippen LogP contribution in [0.4, 0.5) is 4.39 Å². The minimum atomic E-state index is -0.826. The van der Waals surface area contributed by atoms with E-state index in [1.54, 1.807) is 25.2 Å². The van der Waals surface area contributed by atoms with E-state index < -0.39 is 6.10 Å². The molecule has 0 radical (unpaired) electrons. The third-order valence-electron chi connectivity index (χ3n) is 5.00. The van der Waals surface area contributed by atoms with Crippen LogP contribution in [0.25, 0.3) is 22.2 Å². The second kappa shape index (κ2) is 7.52. The molecule has 2 heterocycles. The Bertz CT molecular complexity index is 1180. The van der Waals surface area contributed by atoms with Crippen molar-refractivity contribution in [2.45, 2.75) is 6.10 Å². The number of nitrogens with zero attached hydrogens (tertiary/aromatic N) is 3. The zero-order chi connectivity index (χ0) is 20.5. The van der Waals surface area contributed by atoms with Crippen LogP contribution in [0.15, 0.2) is 60.8 Å². The summed E-state index contributed by atoms with van der Waals surface area (Å²) in [6.07, 6.45) is 1.14. The second-order valence-electron chi connectivity index (χ2n) is 7.02. The Morgan fingerprint density at radius 2 is 1.90 bits per heavy atom. The van der Waals surface area contributed by atoms with Crippen LogP contribution in [0.5, 0.6) is 0 Å². The molecule has 7 heteroatoms. The lowest BCUT2D eigenvalue weighted by molar-refractivity contribution is 0.0907. The highest BCUT2D eigenvalue weighted by Crippen LogP contribution is 2.22. The number of fused-ring (bicyclic) bond motifs is 1. The summed E-state index contributed by atoms with van der Waals surface area (Å²) in [6, 6.07) is 15.3. The van der Waals surface area contributed by atoms with Gasteiger partial charge in [0.25, 0.3) is 5.91 Å². The zero-order valence-corrected chi connectivity index (χ0v) is 16.1. The number of aryl methyl sites for hydroxylation is 2. The predicted octanol–water partition coefficient (Wildman–Crippen LogP) is 3.18. The number of aliphatic hydroxyl groups excluding tert-OH is 1. The Hall–Kier alpha value is -3.45. The molecule has 2 N–H and O–H groups in total. The quantitative estimate of drug-likeness (QED) is 0.548. The van der Waals surface area contributed by atoms with E-state index in [-0.39, 0.29) is 18.3 Å². The van der Waals surface area contributed by atoms with Gasteiger partial charge in [0.05, 0.1) is 11.8 Å². The summed E-state index contributed by atoms with van der Waals surface area (Å²) in [4.78, 5) is 12.6. The molecule has 0 saturated carbocycles. The first-order valence-electron chi connectivity index (χ1n) is 9.23. The molecule has 29 heavy (non-hydrogen) atoms. The van der Waals surface area contributed by atoms with E-state index in [1.807, 2.05) is 42.1 Å². The summed E-state index contributed by atoms with van der Waals surface area (Å²) in [7, 11) is 3.63. The summed E-state index contributed by atoms with van der Waals surface area (Å²) < 4.78 is 16.6. The molecule has 0 aliphatic rings. The van der Waals surface area contributed by atoms with Crippen LogP contribution in [0.3, 0.4) is 0 Å². The molecule has 0 fully saturated rings. The van der Waals surface area contributed by atoms with E-state index in [0.29, 0.717) is 11.4 Å². The average molecular weight is 392 g/mol. The molecule has 0 aliphatic carbocycles. The van der Waals surface area contributed by atoms with Crippen LogP contribution < -0.4 is 5.32 Å². The molecule has 0 aliphatic heterocycles. The van der Waals surface area contributed by atoms with Crippen molar-refractivity contribution in [1.82, 2.24) is 19.7 Å². The van der Waals surface area contributed by atoms with Crippen molar-refractivity contribution in [2.24, 2.45) is 14.1 Å². The minimum absolute atomic E-state index is 0.0776. The Morgan fingerprint density at radius 1 is 1.14 bits per heavy atom. The van der Waals surface area contributed by atoms with Gasteiger partial charge in [0.1, 0.15) is 11.5 Å². The average Bonchev–Trinajstić information content (AvgIpc) is 3.29. The van der Waals surface area contributed by atoms with E-state index in [2.05, 4.69) is 10.4 Å². The number of amides is 1. The number of rotatable bonds is 5. The van der Waals surface area contributed by atoms with Gasteiger partial charge in [0.15, 0.2) is 0 Å². The van der Waals surface area contributed by atoms with E-state index in [0.717, 1.165) is 22.0 Å². The van der Waals surface area contributed by atoms with Crippen LogP contribution in [-0.2, 0) is 14.1 Å². The van der Waals surface area contributed by atoms with Crippen LogP contribution in [0, 0.1) is 5.82 Å². The number of hydrogen-bond donors (Lipinski definition) is 2. The van der Waals surface area contributed by atoms with Crippen LogP contribution in [0.2, 0.25) is 0 Å². The van der Waals surface area contributed by atoms with E-state index in [4.69, 9.17) is 0 Å². The number of carbonyl (C=O) groups excluding carboxylic acids is 1. The number of benzene rings is 2. The minimum Gasteiger partial charge on any atom is -0.387 e. The number of carbonyl (C=O) groups is 1. The van der Waals surface area contributed by atoms with Gasteiger partial charge in [0, 0.05) is 37.9 Å². The SMILES string of the molecule is Cn1nc(-c2ccc(F)cc2)cc1C(=O)NC[C@H](O)c1ccc2c(ccn2C)c1. The molecule has 1 atom stereocenters. The normalized spacial score (nSPS) is 12.3. The molecule has 1 amide bonds. The zero-order valence-electron chi connectivity index (χ0n) is 16.1. The maximum absolute atomic E-state index is 13.1. The molecule has 148 valence electrons. The first kappa shape index (κ1) is 18.9. The lowest BCUT2D eigenvalue weighted by atomic mass is 10.1. The standard InChI is InChI=1S/C22H21FN4O2/c1-26-10-9-15-11-16(5-8-19(15)26)21(28)13-24-22(29)20-12-18(25-27(20)2)14-3-6-17(23)7-4-14/h3-12,21,28H,13H2,1-2H3,(H,24,29)/t21-/m0/s1. The van der Waals surface area contributed by atoms with Gasteiger partial charge >= 0.3 is 0 Å². The largest absolute Gasteiger partial charge is 0.387 e. The predicted molar refractivity (Wildman–Crippen MR) is 109 cm³/mol. The van der Waals surface area contributed by atoms with E-state index in [9.17, 15) is 14.3 Å². The van der Waals surface area contributed by atoms with Gasteiger partial charge in [-0.25, -0.2) is 4.39 Å². The first-order valence-corrected chi connectivity index (χ1v) is 9.23. The fourth-order valence-corrected chi connectivity index (χ4v) is 3.35. The molecule has 0 saturated heterocycles. The highest BCUT2D eigenvalue weighted by atomic mass is 19.1. The second-order valence-corrected chi connectivity index (χ2v) is 7.02. The summed E-state index contributed by atoms with van der Waals surface area (Å²) in [6.45, 7) is 0.0776. The van der Waals surface area contributed by atoms with Crippen molar-refractivity contribution in [1.29, 1.82) is 0 Å². The Balaban J connectivity index is 1.45. The van der Waals surface area contributed by atoms with Gasteiger partial charge in [-0.1, -0.05) is 6.07 Å². The van der Waals surface area contributed by atoms with Crippen molar-refractivity contribution in [3.8, 4) is 11.3 Å². The van der Waals surface area contributed by atoms with Crippen LogP contribution in [0.1, 0.15) is 22.2 Å². The van der Waals surface area contributed by atoms with Gasteiger partial charge in [-0.05, 0) is 59.5 Å². The molecule has 0 spiro atoms. The molecular formula is C22H21FN4O2. The summed E-state index contributed by atoms with van der Waals surface area (Å²) in [5, 5.41) is 18.6. The van der Waals surface area contributed by atoms with Crippen molar-refractivity contribution >= 4 is 16.8 Å². The first-order chi connectivity index (χ1) is 13.9. The topological polar surface area (TPSA) is 72.1 Å². The Morgan fingerprint density at radius 3 is 2.66 bits per heavy atom. The summed E-state index contributed by atoms with van der Waals surface area (Å²) in [5.74, 6) is -0.668. The Kier molecular flexibility index (Phi) is 4.90. The van der Waals surface area contributed by atoms with Crippen LogP contribution >= 0.6 is 0 Å². The van der Waals surface area contributed by atoms with E-state index >= 15 is 0 Å². The molecule has 2 aromatic carbocycles. The molecule has 6 nitrogen and oxygen atoms in total. The van der Waals surface area contributed by atoms with Gasteiger partial charge in [-0.3, -0.25) is 9.48 Å². The smallest absolute Gasteiger partial charge is 0.269 e. The summed E-state index contributed by atoms with van der Waals surface area (Å²) in [5.41, 5.74) is 3.47. The number of nitrogens with one attached hydrogen (secondary N) is 1. The number of aliphatic hydroxyl groups is 1. The molecule has 0 unspecified atom stereocenters. The Labute approximate surface area is 167 Å². The maximum Gasteiger partial charge on any atom is 0.269 e. The van der Waals surface area contributed by atoms with Gasteiger partial charge in [-0.15, -0.1) is 0 Å². The third-order valence-corrected chi connectivity index (χ3v) is 5.00. The van der Waals surface area contributed by atoms with Crippen molar-refractivity contribution < 1.29 is 14.3 Å². The van der Waals surface area contributed by atoms with Gasteiger partial charge in [0.2, 0.25) is 0 Å². The van der Waals surface area contributed by atoms with Gasteiger partial charge in [-0.2, -0.15) is 5.10 Å². The number of hydrogen-bond acceptors (Lipinski definition) is 3.